The molecule has 0 amide bonds. The van der Waals surface area contributed by atoms with E-state index < -0.39 is 0 Å². The van der Waals surface area contributed by atoms with Crippen LogP contribution in [0.15, 0.2) is 12.2 Å². The van der Waals surface area contributed by atoms with Crippen LogP contribution in [-0.4, -0.2) is 13.1 Å². The van der Waals surface area contributed by atoms with Crippen LogP contribution in [0.4, 0.5) is 0 Å². The van der Waals surface area contributed by atoms with E-state index in [0.29, 0.717) is 0 Å². The minimum absolute atomic E-state index is 0. The highest BCUT2D eigenvalue weighted by molar-refractivity contribution is 5.85. The van der Waals surface area contributed by atoms with E-state index in [1.807, 2.05) is 0 Å². The number of hydrogen-bond acceptors (Lipinski definition) is 1. The Labute approximate surface area is 74.1 Å². The van der Waals surface area contributed by atoms with Crippen molar-refractivity contribution in [1.29, 1.82) is 0 Å². The minimum Gasteiger partial charge on any atom is -0.316 e. The van der Waals surface area contributed by atoms with Crippen molar-refractivity contribution in [3.8, 4) is 0 Å². The Morgan fingerprint density at radius 3 is 2.70 bits per heavy atom. The normalized spacial score (nSPS) is 34.4. The zero-order valence-corrected chi connectivity index (χ0v) is 7.38. The summed E-state index contributed by atoms with van der Waals surface area (Å²) in [6.45, 7) is 2.47. The summed E-state index contributed by atoms with van der Waals surface area (Å²) in [6, 6.07) is 0. The maximum Gasteiger partial charge on any atom is 0.00175 e. The zero-order valence-electron chi connectivity index (χ0n) is 5.75. The van der Waals surface area contributed by atoms with Gasteiger partial charge in [-0.15, -0.1) is 24.8 Å². The fourth-order valence-electron chi connectivity index (χ4n) is 1.66. The van der Waals surface area contributed by atoms with E-state index in [1.54, 1.807) is 0 Å². The quantitative estimate of drug-likeness (QED) is 0.561. The Kier molecular flexibility index (Phi) is 4.34. The molecule has 2 unspecified atom stereocenters. The lowest BCUT2D eigenvalue weighted by Crippen LogP contribution is -2.08. The molecule has 1 N–H and O–H groups in total. The van der Waals surface area contributed by atoms with Gasteiger partial charge in [0, 0.05) is 6.54 Å². The molecule has 0 bridgehead atoms. The molecule has 10 heavy (non-hydrogen) atoms. The highest BCUT2D eigenvalue weighted by atomic mass is 35.5. The first-order valence-electron chi connectivity index (χ1n) is 3.34. The summed E-state index contributed by atoms with van der Waals surface area (Å²) in [7, 11) is 0. The van der Waals surface area contributed by atoms with Gasteiger partial charge in [-0.3, -0.25) is 0 Å². The van der Waals surface area contributed by atoms with Crippen LogP contribution >= 0.6 is 24.8 Å². The number of fused-ring (bicyclic) bond motifs is 1. The molecule has 1 fully saturated rings. The van der Waals surface area contributed by atoms with Gasteiger partial charge in [0.25, 0.3) is 0 Å². The number of nitrogens with one attached hydrogen (secondary N) is 1. The second-order valence-corrected chi connectivity index (χ2v) is 2.75. The van der Waals surface area contributed by atoms with Crippen LogP contribution in [0.2, 0.25) is 0 Å². The minimum atomic E-state index is 0. The summed E-state index contributed by atoms with van der Waals surface area (Å²) < 4.78 is 0. The van der Waals surface area contributed by atoms with Gasteiger partial charge in [0.1, 0.15) is 0 Å². The van der Waals surface area contributed by atoms with Gasteiger partial charge in [-0.05, 0) is 24.8 Å². The average Bonchev–Trinajstić information content (AvgIpc) is 2.15. The van der Waals surface area contributed by atoms with Crippen LogP contribution < -0.4 is 5.32 Å². The summed E-state index contributed by atoms with van der Waals surface area (Å²) in [6.07, 6.45) is 5.98. The lowest BCUT2D eigenvalue weighted by atomic mass is 10.0. The summed E-state index contributed by atoms with van der Waals surface area (Å²) in [5.41, 5.74) is 0. The Morgan fingerprint density at radius 2 is 2.00 bits per heavy atom. The van der Waals surface area contributed by atoms with Gasteiger partial charge in [0.15, 0.2) is 0 Å². The van der Waals surface area contributed by atoms with E-state index in [0.717, 1.165) is 11.8 Å². The van der Waals surface area contributed by atoms with Gasteiger partial charge in [-0.25, -0.2) is 0 Å². The fraction of sp³-hybridized carbons (Fsp3) is 0.714. The van der Waals surface area contributed by atoms with Gasteiger partial charge in [-0.1, -0.05) is 12.2 Å². The van der Waals surface area contributed by atoms with E-state index in [2.05, 4.69) is 17.5 Å². The zero-order chi connectivity index (χ0) is 5.40. The molecule has 2 aliphatic rings. The maximum atomic E-state index is 3.37. The average molecular weight is 182 g/mol. The van der Waals surface area contributed by atoms with Crippen molar-refractivity contribution in [2.75, 3.05) is 13.1 Å². The van der Waals surface area contributed by atoms with Crippen molar-refractivity contribution >= 4 is 24.8 Å². The van der Waals surface area contributed by atoms with Crippen LogP contribution in [0.25, 0.3) is 0 Å². The Bertz CT molecular complexity index is 125. The Morgan fingerprint density at radius 1 is 1.20 bits per heavy atom. The second kappa shape index (κ2) is 4.22. The van der Waals surface area contributed by atoms with Gasteiger partial charge >= 0.3 is 0 Å². The third-order valence-electron chi connectivity index (χ3n) is 2.21. The molecule has 0 aromatic heterocycles. The summed E-state index contributed by atoms with van der Waals surface area (Å²) in [4.78, 5) is 0. The van der Waals surface area contributed by atoms with Crippen LogP contribution in [-0.2, 0) is 0 Å². The van der Waals surface area contributed by atoms with Crippen LogP contribution in [0.5, 0.6) is 0 Å². The molecule has 0 aromatic carbocycles. The smallest absolute Gasteiger partial charge is 0.00175 e. The first-order chi connectivity index (χ1) is 3.97. The molecular formula is C7H13Cl2N. The SMILES string of the molecule is C1=CC2CNCC2C1.Cl.Cl. The van der Waals surface area contributed by atoms with E-state index in [-0.39, 0.29) is 24.8 Å². The summed E-state index contributed by atoms with van der Waals surface area (Å²) in [5, 5.41) is 3.37. The lowest BCUT2D eigenvalue weighted by molar-refractivity contribution is 0.534. The van der Waals surface area contributed by atoms with Gasteiger partial charge in [-0.2, -0.15) is 0 Å². The summed E-state index contributed by atoms with van der Waals surface area (Å²) in [5.74, 6) is 1.84. The monoisotopic (exact) mass is 181 g/mol. The molecule has 1 aliphatic carbocycles. The van der Waals surface area contributed by atoms with Crippen molar-refractivity contribution in [3.63, 3.8) is 0 Å². The fourth-order valence-corrected chi connectivity index (χ4v) is 1.66. The van der Waals surface area contributed by atoms with Crippen LogP contribution in [0.1, 0.15) is 6.42 Å². The molecule has 2 rings (SSSR count). The molecule has 2 atom stereocenters. The van der Waals surface area contributed by atoms with Crippen molar-refractivity contribution in [2.24, 2.45) is 11.8 Å². The third-order valence-corrected chi connectivity index (χ3v) is 2.21. The molecule has 60 valence electrons. The molecule has 0 aromatic rings. The molecule has 1 saturated heterocycles. The molecule has 1 heterocycles. The molecule has 0 radical (unpaired) electrons. The van der Waals surface area contributed by atoms with Crippen molar-refractivity contribution in [1.82, 2.24) is 5.32 Å². The highest BCUT2D eigenvalue weighted by Gasteiger charge is 2.26. The van der Waals surface area contributed by atoms with Crippen molar-refractivity contribution in [3.05, 3.63) is 12.2 Å². The topological polar surface area (TPSA) is 12.0 Å². The molecule has 3 heteroatoms. The van der Waals surface area contributed by atoms with E-state index in [4.69, 9.17) is 0 Å². The number of halogens is 2. The molecule has 1 nitrogen and oxygen atoms in total. The van der Waals surface area contributed by atoms with Gasteiger partial charge in [0.05, 0.1) is 0 Å². The third kappa shape index (κ3) is 1.66. The molecular weight excluding hydrogens is 169 g/mol. The highest BCUT2D eigenvalue weighted by Crippen LogP contribution is 2.27. The standard InChI is InChI=1S/C7H11N.2ClH/c1-2-6-4-8-5-7(6)3-1;;/h1-2,6-8H,3-5H2;2*1H. The molecule has 1 aliphatic heterocycles. The van der Waals surface area contributed by atoms with E-state index in [1.165, 1.54) is 19.5 Å². The van der Waals surface area contributed by atoms with E-state index >= 15 is 0 Å². The van der Waals surface area contributed by atoms with Crippen LogP contribution in [0.3, 0.4) is 0 Å². The number of rotatable bonds is 0. The maximum absolute atomic E-state index is 3.37. The Balaban J connectivity index is 0.000000405. The number of allylic oxidation sites excluding steroid dienone is 1. The Hall–Kier alpha value is 0.280. The first kappa shape index (κ1) is 10.3. The predicted octanol–water partition coefficient (Wildman–Crippen LogP) is 1.63. The number of hydrogen-bond donors (Lipinski definition) is 1. The largest absolute Gasteiger partial charge is 0.316 e. The van der Waals surface area contributed by atoms with E-state index in [9.17, 15) is 0 Å². The van der Waals surface area contributed by atoms with Crippen LogP contribution in [0, 0.1) is 11.8 Å². The molecule has 0 spiro atoms. The molecule has 0 saturated carbocycles. The van der Waals surface area contributed by atoms with Gasteiger partial charge in [0.2, 0.25) is 0 Å². The summed E-state index contributed by atoms with van der Waals surface area (Å²) >= 11 is 0. The first-order valence-corrected chi connectivity index (χ1v) is 3.34. The van der Waals surface area contributed by atoms with Crippen molar-refractivity contribution in [2.45, 2.75) is 6.42 Å². The second-order valence-electron chi connectivity index (χ2n) is 2.75. The predicted molar refractivity (Wildman–Crippen MR) is 48.1 cm³/mol. The van der Waals surface area contributed by atoms with Crippen molar-refractivity contribution < 1.29 is 0 Å². The lowest BCUT2D eigenvalue weighted by Gasteiger charge is -2.02. The van der Waals surface area contributed by atoms with Gasteiger partial charge < -0.3 is 5.32 Å².